The monoisotopic (exact) mass is 246 g/mol. The molecule has 0 atom stereocenters. The summed E-state index contributed by atoms with van der Waals surface area (Å²) < 4.78 is 1.21. The minimum atomic E-state index is -0.346. The highest BCUT2D eigenvalue weighted by molar-refractivity contribution is 5.78. The molecular formula is C14H18N2O2. The predicted octanol–water partition coefficient (Wildman–Crippen LogP) is 2.01. The molecule has 0 amide bonds. The maximum absolute atomic E-state index is 12.1. The standard InChI is InChI=1S/C14H18N2O2/c1-5-16-12(17)10-7-6-9(14(2,3)4)8-11(10)15-13(16)18/h6-8H,5H2,1-4H3,(H,15,18). The van der Waals surface area contributed by atoms with Crippen LogP contribution in [0.2, 0.25) is 0 Å². The minimum absolute atomic E-state index is 0.00923. The van der Waals surface area contributed by atoms with E-state index in [1.807, 2.05) is 12.1 Å². The molecule has 0 saturated carbocycles. The lowest BCUT2D eigenvalue weighted by Gasteiger charge is -2.19. The molecule has 1 aromatic carbocycles. The Morgan fingerprint density at radius 2 is 1.89 bits per heavy atom. The van der Waals surface area contributed by atoms with E-state index in [4.69, 9.17) is 0 Å². The van der Waals surface area contributed by atoms with Gasteiger partial charge in [-0.3, -0.25) is 9.36 Å². The number of rotatable bonds is 1. The zero-order chi connectivity index (χ0) is 13.5. The van der Waals surface area contributed by atoms with E-state index in [1.54, 1.807) is 13.0 Å². The molecule has 96 valence electrons. The Hall–Kier alpha value is -1.84. The lowest BCUT2D eigenvalue weighted by Crippen LogP contribution is -2.34. The van der Waals surface area contributed by atoms with Crippen LogP contribution < -0.4 is 11.2 Å². The molecule has 0 saturated heterocycles. The van der Waals surface area contributed by atoms with Crippen molar-refractivity contribution in [3.63, 3.8) is 0 Å². The number of nitrogens with zero attached hydrogens (tertiary/aromatic N) is 1. The Morgan fingerprint density at radius 1 is 1.22 bits per heavy atom. The van der Waals surface area contributed by atoms with Crippen LogP contribution >= 0.6 is 0 Å². The van der Waals surface area contributed by atoms with Crippen molar-refractivity contribution in [3.05, 3.63) is 44.6 Å². The minimum Gasteiger partial charge on any atom is -0.307 e. The van der Waals surface area contributed by atoms with Crippen LogP contribution in [-0.2, 0) is 12.0 Å². The molecule has 0 aliphatic heterocycles. The zero-order valence-electron chi connectivity index (χ0n) is 11.2. The van der Waals surface area contributed by atoms with Gasteiger partial charge in [0.15, 0.2) is 0 Å². The average Bonchev–Trinajstić information content (AvgIpc) is 2.27. The van der Waals surface area contributed by atoms with Crippen molar-refractivity contribution in [1.29, 1.82) is 0 Å². The number of benzene rings is 1. The van der Waals surface area contributed by atoms with Gasteiger partial charge in [0, 0.05) is 6.54 Å². The maximum atomic E-state index is 12.1. The second kappa shape index (κ2) is 4.12. The molecule has 0 aliphatic carbocycles. The summed E-state index contributed by atoms with van der Waals surface area (Å²) in [7, 11) is 0. The van der Waals surface area contributed by atoms with Crippen LogP contribution in [0, 0.1) is 0 Å². The number of nitrogens with one attached hydrogen (secondary N) is 1. The summed E-state index contributed by atoms with van der Waals surface area (Å²) in [6, 6.07) is 5.63. The molecule has 0 bridgehead atoms. The summed E-state index contributed by atoms with van der Waals surface area (Å²) in [4.78, 5) is 26.6. The predicted molar refractivity (Wildman–Crippen MR) is 73.2 cm³/mol. The number of hydrogen-bond acceptors (Lipinski definition) is 2. The van der Waals surface area contributed by atoms with E-state index >= 15 is 0 Å². The van der Waals surface area contributed by atoms with Gasteiger partial charge in [-0.25, -0.2) is 4.79 Å². The van der Waals surface area contributed by atoms with Crippen LogP contribution in [-0.4, -0.2) is 9.55 Å². The van der Waals surface area contributed by atoms with Gasteiger partial charge in [-0.1, -0.05) is 26.8 Å². The first-order valence-electron chi connectivity index (χ1n) is 6.12. The first-order valence-corrected chi connectivity index (χ1v) is 6.12. The summed E-state index contributed by atoms with van der Waals surface area (Å²) in [5.41, 5.74) is 1.13. The van der Waals surface area contributed by atoms with Crippen molar-refractivity contribution in [2.45, 2.75) is 39.7 Å². The van der Waals surface area contributed by atoms with Crippen LogP contribution in [0.15, 0.2) is 27.8 Å². The van der Waals surface area contributed by atoms with E-state index < -0.39 is 0 Å². The molecule has 1 heterocycles. The van der Waals surface area contributed by atoms with Crippen LogP contribution in [0.5, 0.6) is 0 Å². The van der Waals surface area contributed by atoms with Crippen molar-refractivity contribution in [2.24, 2.45) is 0 Å². The van der Waals surface area contributed by atoms with E-state index in [0.717, 1.165) is 5.56 Å². The first-order chi connectivity index (χ1) is 8.34. The van der Waals surface area contributed by atoms with Gasteiger partial charge in [0.2, 0.25) is 0 Å². The first kappa shape index (κ1) is 12.6. The summed E-state index contributed by atoms with van der Waals surface area (Å²) in [5.74, 6) is 0. The zero-order valence-corrected chi connectivity index (χ0v) is 11.2. The lowest BCUT2D eigenvalue weighted by molar-refractivity contribution is 0.590. The molecule has 0 fully saturated rings. The summed E-state index contributed by atoms with van der Waals surface area (Å²) in [6.45, 7) is 8.45. The van der Waals surface area contributed by atoms with Gasteiger partial charge in [0.25, 0.3) is 5.56 Å². The average molecular weight is 246 g/mol. The molecule has 0 unspecified atom stereocenters. The Kier molecular flexibility index (Phi) is 2.89. The number of aromatic nitrogens is 2. The molecule has 1 N–H and O–H groups in total. The van der Waals surface area contributed by atoms with Crippen LogP contribution in [0.3, 0.4) is 0 Å². The molecule has 2 rings (SSSR count). The number of fused-ring (bicyclic) bond motifs is 1. The highest BCUT2D eigenvalue weighted by atomic mass is 16.2. The third kappa shape index (κ3) is 1.98. The smallest absolute Gasteiger partial charge is 0.307 e. The number of aromatic amines is 1. The summed E-state index contributed by atoms with van der Waals surface area (Å²) in [6.07, 6.45) is 0. The van der Waals surface area contributed by atoms with E-state index in [1.165, 1.54) is 4.57 Å². The number of H-pyrrole nitrogens is 1. The van der Waals surface area contributed by atoms with E-state index in [2.05, 4.69) is 25.8 Å². The molecule has 18 heavy (non-hydrogen) atoms. The summed E-state index contributed by atoms with van der Waals surface area (Å²) >= 11 is 0. The largest absolute Gasteiger partial charge is 0.328 e. The SMILES string of the molecule is CCn1c(=O)[nH]c2cc(C(C)(C)C)ccc2c1=O. The van der Waals surface area contributed by atoms with E-state index in [9.17, 15) is 9.59 Å². The quantitative estimate of drug-likeness (QED) is 0.836. The Morgan fingerprint density at radius 3 is 2.44 bits per heavy atom. The Bertz CT molecular complexity index is 702. The third-order valence-corrected chi connectivity index (χ3v) is 3.16. The molecular weight excluding hydrogens is 228 g/mol. The van der Waals surface area contributed by atoms with Gasteiger partial charge in [-0.05, 0) is 30.0 Å². The van der Waals surface area contributed by atoms with Gasteiger partial charge in [-0.15, -0.1) is 0 Å². The van der Waals surface area contributed by atoms with Gasteiger partial charge in [-0.2, -0.15) is 0 Å². The highest BCUT2D eigenvalue weighted by Crippen LogP contribution is 2.23. The normalized spacial score (nSPS) is 12.0. The van der Waals surface area contributed by atoms with Crippen molar-refractivity contribution in [1.82, 2.24) is 9.55 Å². The molecule has 1 aromatic heterocycles. The van der Waals surface area contributed by atoms with E-state index in [0.29, 0.717) is 17.4 Å². The maximum Gasteiger partial charge on any atom is 0.328 e. The van der Waals surface area contributed by atoms with Crippen LogP contribution in [0.4, 0.5) is 0 Å². The van der Waals surface area contributed by atoms with E-state index in [-0.39, 0.29) is 16.7 Å². The van der Waals surface area contributed by atoms with Crippen molar-refractivity contribution >= 4 is 10.9 Å². The Balaban J connectivity index is 2.82. The van der Waals surface area contributed by atoms with Crippen LogP contribution in [0.1, 0.15) is 33.3 Å². The lowest BCUT2D eigenvalue weighted by atomic mass is 9.86. The van der Waals surface area contributed by atoms with Crippen molar-refractivity contribution in [3.8, 4) is 0 Å². The fourth-order valence-corrected chi connectivity index (χ4v) is 2.01. The highest BCUT2D eigenvalue weighted by Gasteiger charge is 2.15. The van der Waals surface area contributed by atoms with Gasteiger partial charge in [0.05, 0.1) is 10.9 Å². The third-order valence-electron chi connectivity index (χ3n) is 3.16. The second-order valence-electron chi connectivity index (χ2n) is 5.49. The van der Waals surface area contributed by atoms with Crippen molar-refractivity contribution in [2.75, 3.05) is 0 Å². The fourth-order valence-electron chi connectivity index (χ4n) is 2.01. The second-order valence-corrected chi connectivity index (χ2v) is 5.49. The molecule has 0 radical (unpaired) electrons. The van der Waals surface area contributed by atoms with Gasteiger partial charge >= 0.3 is 5.69 Å². The number of hydrogen-bond donors (Lipinski definition) is 1. The van der Waals surface area contributed by atoms with Gasteiger partial charge in [0.1, 0.15) is 0 Å². The van der Waals surface area contributed by atoms with Crippen molar-refractivity contribution < 1.29 is 0 Å². The van der Waals surface area contributed by atoms with Crippen LogP contribution in [0.25, 0.3) is 10.9 Å². The molecule has 0 spiro atoms. The Labute approximate surface area is 105 Å². The topological polar surface area (TPSA) is 54.9 Å². The summed E-state index contributed by atoms with van der Waals surface area (Å²) in [5, 5.41) is 0.560. The van der Waals surface area contributed by atoms with Gasteiger partial charge < -0.3 is 4.98 Å². The molecule has 4 nitrogen and oxygen atoms in total. The fraction of sp³-hybridized carbons (Fsp3) is 0.429. The molecule has 4 heteroatoms. The molecule has 0 aliphatic rings. The molecule has 2 aromatic rings.